The van der Waals surface area contributed by atoms with Gasteiger partial charge in [-0.3, -0.25) is 4.79 Å². The third-order valence-electron chi connectivity index (χ3n) is 2.62. The lowest BCUT2D eigenvalue weighted by molar-refractivity contribution is -0.141. The van der Waals surface area contributed by atoms with Crippen molar-refractivity contribution in [2.45, 2.75) is 32.2 Å². The van der Waals surface area contributed by atoms with Gasteiger partial charge in [0, 0.05) is 11.4 Å². The van der Waals surface area contributed by atoms with Gasteiger partial charge in [-0.1, -0.05) is 36.7 Å². The fraction of sp³-hybridized carbons (Fsp3) is 0.385. The molecule has 0 radical (unpaired) electrons. The van der Waals surface area contributed by atoms with Crippen LogP contribution in [0.25, 0.3) is 0 Å². The second-order valence-corrected chi connectivity index (χ2v) is 4.37. The minimum absolute atomic E-state index is 0.230. The van der Waals surface area contributed by atoms with Crippen molar-refractivity contribution < 1.29 is 14.7 Å². The van der Waals surface area contributed by atoms with Crippen molar-refractivity contribution in [2.24, 2.45) is 0 Å². The quantitative estimate of drug-likeness (QED) is 0.832. The second-order valence-electron chi connectivity index (χ2n) is 3.96. The molecule has 0 aliphatic heterocycles. The number of benzene rings is 1. The minimum Gasteiger partial charge on any atom is -0.480 e. The molecule has 0 bridgehead atoms. The molecule has 5 heteroatoms. The summed E-state index contributed by atoms with van der Waals surface area (Å²) in [4.78, 5) is 22.3. The summed E-state index contributed by atoms with van der Waals surface area (Å²) in [5, 5.41) is 11.9. The molecular weight excluding hydrogens is 254 g/mol. The maximum atomic E-state index is 11.6. The second kappa shape index (κ2) is 7.01. The number of carbonyl (C=O) groups excluding carboxylic acids is 1. The molecule has 1 atom stereocenters. The van der Waals surface area contributed by atoms with Crippen LogP contribution in [0.4, 0.5) is 0 Å². The van der Waals surface area contributed by atoms with Crippen LogP contribution in [0.2, 0.25) is 5.02 Å². The van der Waals surface area contributed by atoms with E-state index in [0.717, 1.165) is 5.56 Å². The zero-order chi connectivity index (χ0) is 13.5. The molecule has 1 aromatic rings. The summed E-state index contributed by atoms with van der Waals surface area (Å²) in [5.41, 5.74) is 0.887. The smallest absolute Gasteiger partial charge is 0.326 e. The van der Waals surface area contributed by atoms with Crippen molar-refractivity contribution >= 4 is 23.5 Å². The molecule has 1 aromatic carbocycles. The van der Waals surface area contributed by atoms with E-state index in [2.05, 4.69) is 5.32 Å². The van der Waals surface area contributed by atoms with Gasteiger partial charge in [-0.05, 0) is 24.5 Å². The third kappa shape index (κ3) is 4.37. The summed E-state index contributed by atoms with van der Waals surface area (Å²) in [6.07, 6.45) is 1.10. The molecular formula is C13H16ClNO3. The molecule has 1 amide bonds. The van der Waals surface area contributed by atoms with Crippen LogP contribution in [0.3, 0.4) is 0 Å². The molecule has 2 N–H and O–H groups in total. The van der Waals surface area contributed by atoms with Crippen molar-refractivity contribution in [2.75, 3.05) is 0 Å². The van der Waals surface area contributed by atoms with Gasteiger partial charge in [0.05, 0.1) is 0 Å². The summed E-state index contributed by atoms with van der Waals surface area (Å²) in [5.74, 6) is -1.28. The Balaban J connectivity index is 2.47. The first kappa shape index (κ1) is 14.5. The standard InChI is InChI=1S/C13H16ClNO3/c1-2-11(13(17)18)15-12(16)8-7-9-5-3-4-6-10(9)14/h3-6,11H,2,7-8H2,1H3,(H,15,16)(H,17,18)/t11-/m0/s1. The van der Waals surface area contributed by atoms with E-state index in [1.807, 2.05) is 18.2 Å². The van der Waals surface area contributed by atoms with Crippen LogP contribution in [0, 0.1) is 0 Å². The molecule has 0 saturated carbocycles. The first-order valence-electron chi connectivity index (χ1n) is 5.80. The molecule has 0 aliphatic carbocycles. The molecule has 0 aromatic heterocycles. The van der Waals surface area contributed by atoms with Crippen LogP contribution in [-0.2, 0) is 16.0 Å². The van der Waals surface area contributed by atoms with Gasteiger partial charge in [-0.2, -0.15) is 0 Å². The number of carboxylic acid groups (broad SMARTS) is 1. The molecule has 0 heterocycles. The molecule has 98 valence electrons. The number of hydrogen-bond acceptors (Lipinski definition) is 2. The van der Waals surface area contributed by atoms with Crippen LogP contribution >= 0.6 is 11.6 Å². The molecule has 18 heavy (non-hydrogen) atoms. The number of halogens is 1. The Morgan fingerprint density at radius 1 is 1.39 bits per heavy atom. The number of carboxylic acids is 1. The first-order valence-corrected chi connectivity index (χ1v) is 6.18. The highest BCUT2D eigenvalue weighted by Crippen LogP contribution is 2.16. The van der Waals surface area contributed by atoms with Crippen molar-refractivity contribution in [1.29, 1.82) is 0 Å². The average molecular weight is 270 g/mol. The lowest BCUT2D eigenvalue weighted by atomic mass is 10.1. The molecule has 1 rings (SSSR count). The molecule has 0 spiro atoms. The van der Waals surface area contributed by atoms with E-state index in [4.69, 9.17) is 16.7 Å². The topological polar surface area (TPSA) is 66.4 Å². The highest BCUT2D eigenvalue weighted by molar-refractivity contribution is 6.31. The minimum atomic E-state index is -1.01. The summed E-state index contributed by atoms with van der Waals surface area (Å²) in [7, 11) is 0. The highest BCUT2D eigenvalue weighted by atomic mass is 35.5. The Morgan fingerprint density at radius 2 is 2.06 bits per heavy atom. The third-order valence-corrected chi connectivity index (χ3v) is 2.99. The van der Waals surface area contributed by atoms with E-state index in [1.165, 1.54) is 0 Å². The van der Waals surface area contributed by atoms with Crippen molar-refractivity contribution in [3.8, 4) is 0 Å². The fourth-order valence-electron chi connectivity index (χ4n) is 1.55. The van der Waals surface area contributed by atoms with E-state index in [1.54, 1.807) is 13.0 Å². The van der Waals surface area contributed by atoms with E-state index in [0.29, 0.717) is 17.9 Å². The van der Waals surface area contributed by atoms with Gasteiger partial charge in [0.2, 0.25) is 5.91 Å². The zero-order valence-corrected chi connectivity index (χ0v) is 10.9. The SMILES string of the molecule is CC[C@H](NC(=O)CCc1ccccc1Cl)C(=O)O. The predicted octanol–water partition coefficient (Wildman–Crippen LogP) is 2.25. The average Bonchev–Trinajstić information content (AvgIpc) is 2.34. The highest BCUT2D eigenvalue weighted by Gasteiger charge is 2.17. The van der Waals surface area contributed by atoms with Crippen molar-refractivity contribution in [3.05, 3.63) is 34.9 Å². The zero-order valence-electron chi connectivity index (χ0n) is 10.1. The Labute approximate surface area is 111 Å². The maximum absolute atomic E-state index is 11.6. The number of nitrogens with one attached hydrogen (secondary N) is 1. The van der Waals surface area contributed by atoms with Crippen LogP contribution in [-0.4, -0.2) is 23.0 Å². The normalized spacial score (nSPS) is 11.9. The van der Waals surface area contributed by atoms with Crippen LogP contribution in [0.15, 0.2) is 24.3 Å². The Hall–Kier alpha value is -1.55. The van der Waals surface area contributed by atoms with Gasteiger partial charge in [-0.15, -0.1) is 0 Å². The summed E-state index contributed by atoms with van der Waals surface area (Å²) < 4.78 is 0. The van der Waals surface area contributed by atoms with Gasteiger partial charge in [-0.25, -0.2) is 4.79 Å². The summed E-state index contributed by atoms with van der Waals surface area (Å²) >= 11 is 5.97. The number of aryl methyl sites for hydroxylation is 1. The number of amides is 1. The van der Waals surface area contributed by atoms with E-state index < -0.39 is 12.0 Å². The van der Waals surface area contributed by atoms with Crippen molar-refractivity contribution in [3.63, 3.8) is 0 Å². The number of aliphatic carboxylic acids is 1. The van der Waals surface area contributed by atoms with Gasteiger partial charge in [0.25, 0.3) is 0 Å². The number of rotatable bonds is 6. The lowest BCUT2D eigenvalue weighted by Crippen LogP contribution is -2.40. The Kier molecular flexibility index (Phi) is 5.65. The lowest BCUT2D eigenvalue weighted by Gasteiger charge is -2.12. The van der Waals surface area contributed by atoms with Crippen molar-refractivity contribution in [1.82, 2.24) is 5.32 Å². The molecule has 0 fully saturated rings. The Bertz CT molecular complexity index is 434. The predicted molar refractivity (Wildman–Crippen MR) is 69.6 cm³/mol. The first-order chi connectivity index (χ1) is 8.54. The van der Waals surface area contributed by atoms with Crippen LogP contribution < -0.4 is 5.32 Å². The largest absolute Gasteiger partial charge is 0.480 e. The summed E-state index contributed by atoms with van der Waals surface area (Å²) in [6, 6.07) is 6.48. The monoisotopic (exact) mass is 269 g/mol. The molecule has 0 saturated heterocycles. The fourth-order valence-corrected chi connectivity index (χ4v) is 1.78. The Morgan fingerprint density at radius 3 is 2.61 bits per heavy atom. The van der Waals surface area contributed by atoms with Crippen LogP contribution in [0.5, 0.6) is 0 Å². The summed E-state index contributed by atoms with van der Waals surface area (Å²) in [6.45, 7) is 1.72. The van der Waals surface area contributed by atoms with Gasteiger partial charge in [0.1, 0.15) is 6.04 Å². The van der Waals surface area contributed by atoms with Gasteiger partial charge < -0.3 is 10.4 Å². The number of hydrogen-bond donors (Lipinski definition) is 2. The van der Waals surface area contributed by atoms with E-state index in [-0.39, 0.29) is 12.3 Å². The number of carbonyl (C=O) groups is 2. The maximum Gasteiger partial charge on any atom is 0.326 e. The van der Waals surface area contributed by atoms with Crippen LogP contribution in [0.1, 0.15) is 25.3 Å². The molecule has 4 nitrogen and oxygen atoms in total. The molecule has 0 unspecified atom stereocenters. The molecule has 0 aliphatic rings. The van der Waals surface area contributed by atoms with Gasteiger partial charge >= 0.3 is 5.97 Å². The van der Waals surface area contributed by atoms with E-state index >= 15 is 0 Å². The van der Waals surface area contributed by atoms with Gasteiger partial charge in [0.15, 0.2) is 0 Å². The van der Waals surface area contributed by atoms with E-state index in [9.17, 15) is 9.59 Å².